The molecule has 0 saturated carbocycles. The monoisotopic (exact) mass is 355 g/mol. The van der Waals surface area contributed by atoms with E-state index in [-0.39, 0.29) is 5.91 Å². The van der Waals surface area contributed by atoms with Crippen molar-refractivity contribution in [3.63, 3.8) is 0 Å². The number of carbonyl (C=O) groups excluding carboxylic acids is 1. The summed E-state index contributed by atoms with van der Waals surface area (Å²) in [6.07, 6.45) is 0. The lowest BCUT2D eigenvalue weighted by Gasteiger charge is -2.21. The van der Waals surface area contributed by atoms with E-state index in [1.807, 2.05) is 38.4 Å². The summed E-state index contributed by atoms with van der Waals surface area (Å²) in [5, 5.41) is 2.98. The average molecular weight is 355 g/mol. The lowest BCUT2D eigenvalue weighted by atomic mass is 10.2. The summed E-state index contributed by atoms with van der Waals surface area (Å²) in [5.74, 6) is 0.809. The Kier molecular flexibility index (Phi) is 7.48. The van der Waals surface area contributed by atoms with Gasteiger partial charge in [0.25, 0.3) is 0 Å². The molecule has 0 heterocycles. The molecule has 26 heavy (non-hydrogen) atoms. The minimum atomic E-state index is 0.0164. The molecule has 1 N–H and O–H groups in total. The summed E-state index contributed by atoms with van der Waals surface area (Å²) < 4.78 is 5.32. The largest absolute Gasteiger partial charge is 0.496 e. The molecule has 0 aliphatic heterocycles. The number of carbonyl (C=O) groups is 1. The Morgan fingerprint density at radius 1 is 1.08 bits per heavy atom. The van der Waals surface area contributed by atoms with E-state index in [1.165, 1.54) is 11.3 Å². The summed E-state index contributed by atoms with van der Waals surface area (Å²) in [5.41, 5.74) is 3.35. The molecule has 0 unspecified atom stereocenters. The molecule has 2 aromatic carbocycles. The Morgan fingerprint density at radius 2 is 1.77 bits per heavy atom. The van der Waals surface area contributed by atoms with E-state index >= 15 is 0 Å². The van der Waals surface area contributed by atoms with Crippen molar-refractivity contribution in [3.8, 4) is 5.75 Å². The first-order chi connectivity index (χ1) is 12.5. The maximum atomic E-state index is 12.3. The fraction of sp³-hybridized carbons (Fsp3) is 0.381. The number of nitrogens with one attached hydrogen (secondary N) is 1. The first-order valence-corrected chi connectivity index (χ1v) is 8.90. The van der Waals surface area contributed by atoms with E-state index < -0.39 is 0 Å². The maximum Gasteiger partial charge on any atom is 0.234 e. The SMILES string of the molecule is CCN(CC(=O)NCc1ccccc1OC)Cc1ccc(N(C)C)cc1. The van der Waals surface area contributed by atoms with Crippen LogP contribution in [0.25, 0.3) is 0 Å². The molecular weight excluding hydrogens is 326 g/mol. The van der Waals surface area contributed by atoms with Gasteiger partial charge in [-0.25, -0.2) is 0 Å². The highest BCUT2D eigenvalue weighted by Gasteiger charge is 2.11. The summed E-state index contributed by atoms with van der Waals surface area (Å²) in [6, 6.07) is 16.2. The molecule has 2 aromatic rings. The molecule has 0 radical (unpaired) electrons. The van der Waals surface area contributed by atoms with Gasteiger partial charge in [0, 0.05) is 38.4 Å². The second-order valence-electron chi connectivity index (χ2n) is 6.45. The molecule has 5 heteroatoms. The van der Waals surface area contributed by atoms with Gasteiger partial charge in [-0.15, -0.1) is 0 Å². The van der Waals surface area contributed by atoms with Gasteiger partial charge in [0.1, 0.15) is 5.75 Å². The van der Waals surface area contributed by atoms with Crippen LogP contribution in [0.4, 0.5) is 5.69 Å². The molecule has 0 aliphatic rings. The summed E-state index contributed by atoms with van der Waals surface area (Å²) in [6.45, 7) is 4.49. The van der Waals surface area contributed by atoms with Crippen LogP contribution >= 0.6 is 0 Å². The Morgan fingerprint density at radius 3 is 2.38 bits per heavy atom. The van der Waals surface area contributed by atoms with Crippen molar-refractivity contribution in [2.24, 2.45) is 0 Å². The summed E-state index contributed by atoms with van der Waals surface area (Å²) in [4.78, 5) is 16.5. The number of ether oxygens (including phenoxy) is 1. The van der Waals surface area contributed by atoms with Crippen LogP contribution < -0.4 is 15.0 Å². The fourth-order valence-corrected chi connectivity index (χ4v) is 2.74. The Bertz CT molecular complexity index is 699. The van der Waals surface area contributed by atoms with Gasteiger partial charge < -0.3 is 15.0 Å². The third-order valence-electron chi connectivity index (χ3n) is 4.34. The number of likely N-dealkylation sites (N-methyl/N-ethyl adjacent to an activating group) is 1. The number of para-hydroxylation sites is 1. The number of hydrogen-bond acceptors (Lipinski definition) is 4. The second kappa shape index (κ2) is 9.82. The molecule has 0 bridgehead atoms. The van der Waals surface area contributed by atoms with Gasteiger partial charge in [0.05, 0.1) is 13.7 Å². The number of nitrogens with zero attached hydrogens (tertiary/aromatic N) is 2. The van der Waals surface area contributed by atoms with Gasteiger partial charge >= 0.3 is 0 Å². The highest BCUT2D eigenvalue weighted by Crippen LogP contribution is 2.17. The third-order valence-corrected chi connectivity index (χ3v) is 4.34. The molecule has 5 nitrogen and oxygen atoms in total. The molecule has 2 rings (SSSR count). The molecule has 0 saturated heterocycles. The van der Waals surface area contributed by atoms with Crippen LogP contribution in [0.3, 0.4) is 0 Å². The Hall–Kier alpha value is -2.53. The lowest BCUT2D eigenvalue weighted by molar-refractivity contribution is -0.122. The molecule has 0 spiro atoms. The molecule has 1 amide bonds. The first kappa shape index (κ1) is 19.8. The number of methoxy groups -OCH3 is 1. The quantitative estimate of drug-likeness (QED) is 0.751. The number of rotatable bonds is 9. The zero-order valence-corrected chi connectivity index (χ0v) is 16.2. The van der Waals surface area contributed by atoms with Gasteiger partial charge in [0.15, 0.2) is 0 Å². The molecule has 0 fully saturated rings. The van der Waals surface area contributed by atoms with Crippen LogP contribution in [-0.4, -0.2) is 45.1 Å². The van der Waals surface area contributed by atoms with E-state index in [0.717, 1.165) is 24.4 Å². The molecule has 0 aromatic heterocycles. The topological polar surface area (TPSA) is 44.8 Å². The van der Waals surface area contributed by atoms with Crippen molar-refractivity contribution in [1.29, 1.82) is 0 Å². The molecular formula is C21H29N3O2. The average Bonchev–Trinajstić information content (AvgIpc) is 2.66. The standard InChI is InChI=1S/C21H29N3O2/c1-5-24(15-17-10-12-19(13-11-17)23(2)3)16-21(25)22-14-18-8-6-7-9-20(18)26-4/h6-13H,5,14-16H2,1-4H3,(H,22,25). The third kappa shape index (κ3) is 5.77. The van der Waals surface area contributed by atoms with Crippen LogP contribution in [0.1, 0.15) is 18.1 Å². The van der Waals surface area contributed by atoms with Crippen molar-refractivity contribution < 1.29 is 9.53 Å². The number of amides is 1. The van der Waals surface area contributed by atoms with E-state index in [0.29, 0.717) is 13.1 Å². The van der Waals surface area contributed by atoms with Crippen molar-refractivity contribution in [2.45, 2.75) is 20.0 Å². The van der Waals surface area contributed by atoms with Crippen LogP contribution in [-0.2, 0) is 17.9 Å². The minimum absolute atomic E-state index is 0.0164. The number of anilines is 1. The van der Waals surface area contributed by atoms with E-state index in [1.54, 1.807) is 7.11 Å². The van der Waals surface area contributed by atoms with Crippen LogP contribution in [0, 0.1) is 0 Å². The molecule has 0 aliphatic carbocycles. The zero-order valence-electron chi connectivity index (χ0n) is 16.2. The van der Waals surface area contributed by atoms with Crippen molar-refractivity contribution in [2.75, 3.05) is 39.2 Å². The van der Waals surface area contributed by atoms with Crippen LogP contribution in [0.15, 0.2) is 48.5 Å². The van der Waals surface area contributed by atoms with Crippen molar-refractivity contribution in [1.82, 2.24) is 10.2 Å². The highest BCUT2D eigenvalue weighted by atomic mass is 16.5. The van der Waals surface area contributed by atoms with Crippen molar-refractivity contribution >= 4 is 11.6 Å². The normalized spacial score (nSPS) is 10.7. The Labute approximate surface area is 156 Å². The highest BCUT2D eigenvalue weighted by molar-refractivity contribution is 5.78. The maximum absolute atomic E-state index is 12.3. The summed E-state index contributed by atoms with van der Waals surface area (Å²) in [7, 11) is 5.69. The van der Waals surface area contributed by atoms with Gasteiger partial charge in [-0.3, -0.25) is 9.69 Å². The molecule has 0 atom stereocenters. The second-order valence-corrected chi connectivity index (χ2v) is 6.45. The van der Waals surface area contributed by atoms with Crippen LogP contribution in [0.2, 0.25) is 0 Å². The van der Waals surface area contributed by atoms with Gasteiger partial charge in [-0.2, -0.15) is 0 Å². The van der Waals surface area contributed by atoms with Gasteiger partial charge in [-0.1, -0.05) is 37.3 Å². The molecule has 140 valence electrons. The smallest absolute Gasteiger partial charge is 0.234 e. The predicted molar refractivity (Wildman–Crippen MR) is 107 cm³/mol. The van der Waals surface area contributed by atoms with Gasteiger partial charge in [-0.05, 0) is 30.3 Å². The van der Waals surface area contributed by atoms with Gasteiger partial charge in [0.2, 0.25) is 5.91 Å². The minimum Gasteiger partial charge on any atom is -0.496 e. The first-order valence-electron chi connectivity index (χ1n) is 8.90. The fourth-order valence-electron chi connectivity index (χ4n) is 2.74. The number of benzene rings is 2. The van der Waals surface area contributed by atoms with E-state index in [4.69, 9.17) is 4.74 Å². The Balaban J connectivity index is 1.87. The zero-order chi connectivity index (χ0) is 18.9. The summed E-state index contributed by atoms with van der Waals surface area (Å²) >= 11 is 0. The van der Waals surface area contributed by atoms with E-state index in [9.17, 15) is 4.79 Å². The predicted octanol–water partition coefficient (Wildman–Crippen LogP) is 2.90. The van der Waals surface area contributed by atoms with Crippen molar-refractivity contribution in [3.05, 3.63) is 59.7 Å². The van der Waals surface area contributed by atoms with Crippen LogP contribution in [0.5, 0.6) is 5.75 Å². The van der Waals surface area contributed by atoms with E-state index in [2.05, 4.69) is 46.3 Å². The number of hydrogen-bond donors (Lipinski definition) is 1. The lowest BCUT2D eigenvalue weighted by Crippen LogP contribution is -2.36.